The first-order valence-corrected chi connectivity index (χ1v) is 8.95. The van der Waals surface area contributed by atoms with Crippen molar-refractivity contribution in [3.05, 3.63) is 76.4 Å². The SMILES string of the molecule is Cc1nn(-c2ccc(F)cc2F)c(C)c1CC(=O)N1CCc2c(F)cccc21. The smallest absolute Gasteiger partial charge is 0.231 e. The van der Waals surface area contributed by atoms with Crippen LogP contribution in [0.5, 0.6) is 0 Å². The summed E-state index contributed by atoms with van der Waals surface area (Å²) in [7, 11) is 0. The molecule has 7 heteroatoms. The number of nitrogens with zero attached hydrogens (tertiary/aromatic N) is 3. The standard InChI is InChI=1S/C21H18F3N3O/c1-12-16(13(2)27(25-12)20-7-6-14(22)10-18(20)24)11-21(28)26-9-8-15-17(23)4-3-5-19(15)26/h3-7,10H,8-9,11H2,1-2H3. The molecule has 4 nitrogen and oxygen atoms in total. The van der Waals surface area contributed by atoms with Gasteiger partial charge in [0, 0.05) is 35.1 Å². The summed E-state index contributed by atoms with van der Waals surface area (Å²) in [5.74, 6) is -1.88. The molecule has 144 valence electrons. The third-order valence-electron chi connectivity index (χ3n) is 5.18. The van der Waals surface area contributed by atoms with Gasteiger partial charge in [0.2, 0.25) is 5.91 Å². The molecular formula is C21H18F3N3O. The highest BCUT2D eigenvalue weighted by Gasteiger charge is 2.28. The molecule has 1 aliphatic rings. The third-order valence-corrected chi connectivity index (χ3v) is 5.18. The van der Waals surface area contributed by atoms with E-state index < -0.39 is 11.6 Å². The van der Waals surface area contributed by atoms with Crippen LogP contribution in [-0.4, -0.2) is 22.2 Å². The Morgan fingerprint density at radius 1 is 1.07 bits per heavy atom. The van der Waals surface area contributed by atoms with Gasteiger partial charge in [0.1, 0.15) is 17.3 Å². The van der Waals surface area contributed by atoms with E-state index in [1.165, 1.54) is 16.8 Å². The minimum Gasteiger partial charge on any atom is -0.311 e. The second kappa shape index (κ2) is 6.82. The Morgan fingerprint density at radius 3 is 2.61 bits per heavy atom. The summed E-state index contributed by atoms with van der Waals surface area (Å²) in [6.45, 7) is 3.90. The number of aromatic nitrogens is 2. The first kappa shape index (κ1) is 18.3. The number of benzene rings is 2. The predicted molar refractivity (Wildman–Crippen MR) is 99.1 cm³/mol. The zero-order valence-electron chi connectivity index (χ0n) is 15.5. The van der Waals surface area contributed by atoms with E-state index in [2.05, 4.69) is 5.10 Å². The van der Waals surface area contributed by atoms with Crippen LogP contribution in [0.25, 0.3) is 5.69 Å². The molecule has 1 aromatic heterocycles. The van der Waals surface area contributed by atoms with Crippen molar-refractivity contribution in [3.63, 3.8) is 0 Å². The summed E-state index contributed by atoms with van der Waals surface area (Å²) in [5, 5.41) is 4.33. The van der Waals surface area contributed by atoms with Gasteiger partial charge in [0.05, 0.1) is 12.1 Å². The van der Waals surface area contributed by atoms with Crippen LogP contribution in [0, 0.1) is 31.3 Å². The molecule has 4 rings (SSSR count). The summed E-state index contributed by atoms with van der Waals surface area (Å²) < 4.78 is 42.7. The molecule has 0 bridgehead atoms. The fourth-order valence-corrected chi connectivity index (χ4v) is 3.72. The van der Waals surface area contributed by atoms with E-state index in [0.29, 0.717) is 41.2 Å². The van der Waals surface area contributed by atoms with E-state index >= 15 is 0 Å². The zero-order chi connectivity index (χ0) is 20.0. The van der Waals surface area contributed by atoms with Gasteiger partial charge in [-0.2, -0.15) is 5.10 Å². The van der Waals surface area contributed by atoms with Gasteiger partial charge in [-0.05, 0) is 44.5 Å². The molecule has 0 saturated carbocycles. The van der Waals surface area contributed by atoms with Crippen molar-refractivity contribution in [2.75, 3.05) is 11.4 Å². The summed E-state index contributed by atoms with van der Waals surface area (Å²) in [6.07, 6.45) is 0.544. The van der Waals surface area contributed by atoms with Crippen LogP contribution in [0.4, 0.5) is 18.9 Å². The highest BCUT2D eigenvalue weighted by molar-refractivity contribution is 5.97. The molecule has 28 heavy (non-hydrogen) atoms. The Balaban J connectivity index is 1.64. The number of fused-ring (bicyclic) bond motifs is 1. The average Bonchev–Trinajstić information content (AvgIpc) is 3.19. The van der Waals surface area contributed by atoms with Gasteiger partial charge < -0.3 is 4.90 Å². The summed E-state index contributed by atoms with van der Waals surface area (Å²) >= 11 is 0. The zero-order valence-corrected chi connectivity index (χ0v) is 15.5. The van der Waals surface area contributed by atoms with E-state index in [1.54, 1.807) is 30.9 Å². The maximum atomic E-state index is 14.2. The molecule has 0 unspecified atom stereocenters. The maximum absolute atomic E-state index is 14.2. The molecular weight excluding hydrogens is 367 g/mol. The molecule has 0 aliphatic carbocycles. The quantitative estimate of drug-likeness (QED) is 0.683. The highest BCUT2D eigenvalue weighted by atomic mass is 19.1. The van der Waals surface area contributed by atoms with Gasteiger partial charge in [-0.25, -0.2) is 17.9 Å². The van der Waals surface area contributed by atoms with Crippen LogP contribution < -0.4 is 4.90 Å². The molecule has 3 aromatic rings. The largest absolute Gasteiger partial charge is 0.311 e. The van der Waals surface area contributed by atoms with Crippen molar-refractivity contribution >= 4 is 11.6 Å². The molecule has 0 N–H and O–H groups in total. The van der Waals surface area contributed by atoms with Crippen LogP contribution in [0.1, 0.15) is 22.5 Å². The molecule has 2 heterocycles. The van der Waals surface area contributed by atoms with Crippen molar-refractivity contribution in [1.29, 1.82) is 0 Å². The molecule has 0 radical (unpaired) electrons. The minimum atomic E-state index is -0.729. The Morgan fingerprint density at radius 2 is 1.86 bits per heavy atom. The Bertz CT molecular complexity index is 1090. The van der Waals surface area contributed by atoms with Crippen LogP contribution in [0.3, 0.4) is 0 Å². The van der Waals surface area contributed by atoms with Crippen molar-refractivity contribution in [1.82, 2.24) is 9.78 Å². The lowest BCUT2D eigenvalue weighted by Gasteiger charge is -2.17. The van der Waals surface area contributed by atoms with Crippen LogP contribution in [-0.2, 0) is 17.6 Å². The van der Waals surface area contributed by atoms with Crippen molar-refractivity contribution in [2.24, 2.45) is 0 Å². The summed E-state index contributed by atoms with van der Waals surface area (Å²) in [4.78, 5) is 14.5. The second-order valence-electron chi connectivity index (χ2n) is 6.87. The number of carbonyl (C=O) groups is 1. The molecule has 0 spiro atoms. The second-order valence-corrected chi connectivity index (χ2v) is 6.87. The molecule has 1 aliphatic heterocycles. The number of halogens is 3. The average molecular weight is 385 g/mol. The van der Waals surface area contributed by atoms with E-state index in [1.807, 2.05) is 0 Å². The maximum Gasteiger partial charge on any atom is 0.231 e. The fraction of sp³-hybridized carbons (Fsp3) is 0.238. The first-order valence-electron chi connectivity index (χ1n) is 8.95. The first-order chi connectivity index (χ1) is 13.4. The van der Waals surface area contributed by atoms with Gasteiger partial charge in [0.15, 0.2) is 5.82 Å². The van der Waals surface area contributed by atoms with Gasteiger partial charge in [0.25, 0.3) is 0 Å². The topological polar surface area (TPSA) is 38.1 Å². The Hall–Kier alpha value is -3.09. The normalized spacial score (nSPS) is 13.1. The third kappa shape index (κ3) is 2.96. The predicted octanol–water partition coefficient (Wildman–Crippen LogP) is 4.04. The molecule has 2 aromatic carbocycles. The number of carbonyl (C=O) groups excluding carboxylic acids is 1. The minimum absolute atomic E-state index is 0.0659. The fourth-order valence-electron chi connectivity index (χ4n) is 3.72. The number of hydrogen-bond acceptors (Lipinski definition) is 2. The van der Waals surface area contributed by atoms with Crippen molar-refractivity contribution in [3.8, 4) is 5.69 Å². The van der Waals surface area contributed by atoms with Gasteiger partial charge in [-0.3, -0.25) is 4.79 Å². The van der Waals surface area contributed by atoms with Crippen LogP contribution in [0.15, 0.2) is 36.4 Å². The van der Waals surface area contributed by atoms with E-state index in [9.17, 15) is 18.0 Å². The Kier molecular flexibility index (Phi) is 4.45. The molecule has 0 saturated heterocycles. The molecule has 0 atom stereocenters. The number of amides is 1. The number of aryl methyl sites for hydroxylation is 1. The number of hydrogen-bond donors (Lipinski definition) is 0. The summed E-state index contributed by atoms with van der Waals surface area (Å²) in [6, 6.07) is 7.99. The monoisotopic (exact) mass is 385 g/mol. The van der Waals surface area contributed by atoms with Gasteiger partial charge in [-0.1, -0.05) is 6.07 Å². The highest BCUT2D eigenvalue weighted by Crippen LogP contribution is 2.31. The van der Waals surface area contributed by atoms with Crippen molar-refractivity contribution in [2.45, 2.75) is 26.7 Å². The van der Waals surface area contributed by atoms with Crippen molar-refractivity contribution < 1.29 is 18.0 Å². The van der Waals surface area contributed by atoms with E-state index in [0.717, 1.165) is 12.1 Å². The molecule has 1 amide bonds. The lowest BCUT2D eigenvalue weighted by atomic mass is 10.1. The molecule has 0 fully saturated rings. The number of anilines is 1. The van der Waals surface area contributed by atoms with Gasteiger partial charge in [-0.15, -0.1) is 0 Å². The summed E-state index contributed by atoms with van der Waals surface area (Å²) in [5.41, 5.74) is 3.14. The Labute approximate surface area is 160 Å². The lowest BCUT2D eigenvalue weighted by molar-refractivity contribution is -0.117. The van der Waals surface area contributed by atoms with Gasteiger partial charge >= 0.3 is 0 Å². The van der Waals surface area contributed by atoms with Crippen LogP contribution >= 0.6 is 0 Å². The van der Waals surface area contributed by atoms with E-state index in [4.69, 9.17) is 0 Å². The number of rotatable bonds is 3. The lowest BCUT2D eigenvalue weighted by Crippen LogP contribution is -2.30. The van der Waals surface area contributed by atoms with E-state index in [-0.39, 0.29) is 23.8 Å². The van der Waals surface area contributed by atoms with Crippen LogP contribution in [0.2, 0.25) is 0 Å².